The first kappa shape index (κ1) is 25.8. The topological polar surface area (TPSA) is 122 Å². The quantitative estimate of drug-likeness (QED) is 0.238. The van der Waals surface area contributed by atoms with Crippen LogP contribution in [-0.4, -0.2) is 38.4 Å². The molecule has 1 saturated heterocycles. The molecule has 0 saturated carbocycles. The van der Waals surface area contributed by atoms with Crippen molar-refractivity contribution in [3.63, 3.8) is 0 Å². The van der Waals surface area contributed by atoms with Crippen LogP contribution in [0.25, 0.3) is 6.08 Å². The molecule has 35 heavy (non-hydrogen) atoms. The first-order chi connectivity index (χ1) is 16.7. The van der Waals surface area contributed by atoms with E-state index in [0.29, 0.717) is 15.6 Å². The van der Waals surface area contributed by atoms with Gasteiger partial charge >= 0.3 is 0 Å². The van der Waals surface area contributed by atoms with Crippen LogP contribution < -0.4 is 10.9 Å². The smallest absolute Gasteiger partial charge is 0.269 e. The Kier molecular flexibility index (Phi) is 8.87. The highest BCUT2D eigenvalue weighted by Crippen LogP contribution is 2.32. The summed E-state index contributed by atoms with van der Waals surface area (Å²) in [5.41, 5.74) is 6.52. The Morgan fingerprint density at radius 2 is 1.80 bits per heavy atom. The molecule has 2 aromatic rings. The molecule has 1 aliphatic rings. The van der Waals surface area contributed by atoms with Crippen molar-refractivity contribution in [1.29, 1.82) is 0 Å². The number of nitrogens with one attached hydrogen (secondary N) is 2. The number of allylic oxidation sites excluding steroid dienone is 2. The van der Waals surface area contributed by atoms with Crippen molar-refractivity contribution >= 4 is 57.8 Å². The maximum atomic E-state index is 12.7. The molecule has 0 atom stereocenters. The molecule has 180 valence electrons. The summed E-state index contributed by atoms with van der Waals surface area (Å²) in [6.07, 6.45) is 4.18. The zero-order valence-electron chi connectivity index (χ0n) is 18.7. The van der Waals surface area contributed by atoms with E-state index in [1.807, 2.05) is 43.3 Å². The van der Waals surface area contributed by atoms with Crippen molar-refractivity contribution in [3.8, 4) is 0 Å². The largest absolute Gasteiger partial charge is 0.293 e. The van der Waals surface area contributed by atoms with E-state index >= 15 is 0 Å². The molecule has 9 nitrogen and oxygen atoms in total. The van der Waals surface area contributed by atoms with Gasteiger partial charge in [-0.3, -0.25) is 40.2 Å². The number of hydrogen-bond acceptors (Lipinski definition) is 7. The molecule has 1 heterocycles. The van der Waals surface area contributed by atoms with E-state index in [1.165, 1.54) is 40.9 Å². The minimum Gasteiger partial charge on any atom is -0.293 e. The number of hydrogen-bond donors (Lipinski definition) is 2. The van der Waals surface area contributed by atoms with E-state index in [0.717, 1.165) is 11.1 Å². The number of nitro groups is 1. The molecule has 2 aromatic carbocycles. The average molecular weight is 511 g/mol. The predicted molar refractivity (Wildman–Crippen MR) is 138 cm³/mol. The Labute approximate surface area is 211 Å². The summed E-state index contributed by atoms with van der Waals surface area (Å²) >= 11 is 6.55. The summed E-state index contributed by atoms with van der Waals surface area (Å²) < 4.78 is 0.431. The van der Waals surface area contributed by atoms with Gasteiger partial charge < -0.3 is 0 Å². The van der Waals surface area contributed by atoms with Crippen LogP contribution in [0.1, 0.15) is 35.7 Å². The molecule has 0 radical (unpaired) electrons. The van der Waals surface area contributed by atoms with Gasteiger partial charge in [-0.15, -0.1) is 0 Å². The number of thiocarbonyl (C=S) groups is 1. The number of carbonyl (C=O) groups is 3. The molecular weight excluding hydrogens is 488 g/mol. The van der Waals surface area contributed by atoms with E-state index in [2.05, 4.69) is 10.9 Å². The first-order valence-electron chi connectivity index (χ1n) is 10.6. The lowest BCUT2D eigenvalue weighted by atomic mass is 10.1. The zero-order valence-corrected chi connectivity index (χ0v) is 20.4. The Bertz CT molecular complexity index is 1210. The van der Waals surface area contributed by atoms with Gasteiger partial charge in [0.15, 0.2) is 0 Å². The van der Waals surface area contributed by atoms with Crippen molar-refractivity contribution < 1.29 is 19.3 Å². The number of amides is 3. The van der Waals surface area contributed by atoms with Crippen LogP contribution >= 0.6 is 24.0 Å². The number of rotatable bonds is 8. The Morgan fingerprint density at radius 3 is 2.46 bits per heavy atom. The third kappa shape index (κ3) is 7.33. The second-order valence-electron chi connectivity index (χ2n) is 7.54. The highest BCUT2D eigenvalue weighted by atomic mass is 32.2. The van der Waals surface area contributed by atoms with E-state index in [1.54, 1.807) is 6.08 Å². The lowest BCUT2D eigenvalue weighted by molar-refractivity contribution is -0.384. The van der Waals surface area contributed by atoms with Gasteiger partial charge in [0.25, 0.3) is 17.5 Å². The van der Waals surface area contributed by atoms with Gasteiger partial charge in [0.2, 0.25) is 5.91 Å². The van der Waals surface area contributed by atoms with Crippen molar-refractivity contribution in [2.45, 2.75) is 19.8 Å². The minimum atomic E-state index is -0.603. The molecule has 11 heteroatoms. The van der Waals surface area contributed by atoms with Crippen LogP contribution in [0.4, 0.5) is 5.69 Å². The van der Waals surface area contributed by atoms with Crippen LogP contribution in [0.3, 0.4) is 0 Å². The van der Waals surface area contributed by atoms with Crippen LogP contribution in [0, 0.1) is 10.1 Å². The van der Waals surface area contributed by atoms with Gasteiger partial charge in [0.1, 0.15) is 4.32 Å². The second-order valence-corrected chi connectivity index (χ2v) is 9.22. The van der Waals surface area contributed by atoms with E-state index in [9.17, 15) is 24.5 Å². The van der Waals surface area contributed by atoms with Crippen LogP contribution in [0.5, 0.6) is 0 Å². The maximum Gasteiger partial charge on any atom is 0.269 e. The van der Waals surface area contributed by atoms with Gasteiger partial charge in [-0.1, -0.05) is 60.4 Å². The van der Waals surface area contributed by atoms with Gasteiger partial charge in [-0.25, -0.2) is 0 Å². The van der Waals surface area contributed by atoms with Gasteiger partial charge in [0.05, 0.1) is 9.83 Å². The van der Waals surface area contributed by atoms with Gasteiger partial charge in [0, 0.05) is 30.7 Å². The molecule has 0 aliphatic carbocycles. The van der Waals surface area contributed by atoms with Crippen molar-refractivity contribution in [1.82, 2.24) is 15.8 Å². The number of non-ortho nitro benzene ring substituents is 1. The second kappa shape index (κ2) is 12.0. The molecule has 0 aromatic heterocycles. The zero-order chi connectivity index (χ0) is 25.4. The van der Waals surface area contributed by atoms with E-state index in [4.69, 9.17) is 12.2 Å². The Hall–Kier alpha value is -3.83. The number of thioether (sulfide) groups is 1. The highest BCUT2D eigenvalue weighted by Gasteiger charge is 2.31. The SMILES string of the molecule is CC(/C=C1\SC(=S)N(CCCC(=O)NNC(=O)c2ccc([N+](=O)[O-])cc2)C1=O)=C\c1ccccc1. The number of benzene rings is 2. The van der Waals surface area contributed by atoms with Crippen molar-refractivity contribution in [3.05, 3.63) is 92.4 Å². The molecule has 0 unspecified atom stereocenters. The highest BCUT2D eigenvalue weighted by molar-refractivity contribution is 8.26. The third-order valence-electron chi connectivity index (χ3n) is 4.87. The number of hydrazine groups is 1. The maximum absolute atomic E-state index is 12.7. The summed E-state index contributed by atoms with van der Waals surface area (Å²) in [4.78, 5) is 49.0. The van der Waals surface area contributed by atoms with Crippen LogP contribution in [-0.2, 0) is 9.59 Å². The number of nitro benzene ring substituents is 1. The number of nitrogens with zero attached hydrogens (tertiary/aromatic N) is 2. The van der Waals surface area contributed by atoms with Gasteiger partial charge in [-0.2, -0.15) is 0 Å². The predicted octanol–water partition coefficient (Wildman–Crippen LogP) is 3.98. The van der Waals surface area contributed by atoms with Crippen LogP contribution in [0.2, 0.25) is 0 Å². The molecule has 2 N–H and O–H groups in total. The summed E-state index contributed by atoms with van der Waals surface area (Å²) in [6.45, 7) is 2.18. The lowest BCUT2D eigenvalue weighted by Gasteiger charge is -2.14. The summed E-state index contributed by atoms with van der Waals surface area (Å²) in [5, 5.41) is 10.7. The Morgan fingerprint density at radius 1 is 1.11 bits per heavy atom. The molecular formula is C24H22N4O5S2. The summed E-state index contributed by atoms with van der Waals surface area (Å²) in [7, 11) is 0. The van der Waals surface area contributed by atoms with Gasteiger partial charge in [-0.05, 0) is 42.7 Å². The fraction of sp³-hybridized carbons (Fsp3) is 0.167. The standard InChI is InChI=1S/C24H22N4O5S2/c1-16(14-17-6-3-2-4-7-17)15-20-23(31)27(24(34)35-20)13-5-8-21(29)25-26-22(30)18-9-11-19(12-10-18)28(32)33/h2-4,6-7,9-12,14-15H,5,8,13H2,1H3,(H,25,29)(H,26,30)/b16-14+,20-15-. The molecule has 3 rings (SSSR count). The Balaban J connectivity index is 1.45. The average Bonchev–Trinajstić information content (AvgIpc) is 3.10. The molecule has 1 fully saturated rings. The van der Waals surface area contributed by atoms with Crippen LogP contribution in [0.15, 0.2) is 71.2 Å². The normalized spacial score (nSPS) is 14.8. The van der Waals surface area contributed by atoms with E-state index in [-0.39, 0.29) is 30.1 Å². The fourth-order valence-electron chi connectivity index (χ4n) is 3.15. The van der Waals surface area contributed by atoms with Crippen molar-refractivity contribution in [2.24, 2.45) is 0 Å². The number of carbonyl (C=O) groups excluding carboxylic acids is 3. The lowest BCUT2D eigenvalue weighted by Crippen LogP contribution is -2.41. The first-order valence-corrected chi connectivity index (χ1v) is 11.8. The summed E-state index contributed by atoms with van der Waals surface area (Å²) in [5.74, 6) is -1.25. The third-order valence-corrected chi connectivity index (χ3v) is 6.25. The van der Waals surface area contributed by atoms with Crippen molar-refractivity contribution in [2.75, 3.05) is 6.54 Å². The fourth-order valence-corrected chi connectivity index (χ4v) is 4.51. The minimum absolute atomic E-state index is 0.0591. The molecule has 0 bridgehead atoms. The molecule has 0 spiro atoms. The monoisotopic (exact) mass is 510 g/mol. The van der Waals surface area contributed by atoms with E-state index < -0.39 is 16.7 Å². The molecule has 1 aliphatic heterocycles. The summed E-state index contributed by atoms with van der Waals surface area (Å²) in [6, 6.07) is 14.7. The molecule has 3 amide bonds.